The van der Waals surface area contributed by atoms with E-state index in [0.29, 0.717) is 22.9 Å². The van der Waals surface area contributed by atoms with Crippen molar-refractivity contribution in [1.82, 2.24) is 9.80 Å². The fraction of sp³-hybridized carbons (Fsp3) is 0.316. The standard InChI is InChI=1S/C19H23ClN4O/c20-17-12-16(21)6-7-18(17)22-19(25)14-24-10-8-23(9-11-24)13-15-4-2-1-3-5-15/h1-7,12H,8-11,13-14,21H2,(H,22,25). The van der Waals surface area contributed by atoms with Crippen molar-refractivity contribution in [2.45, 2.75) is 6.54 Å². The Labute approximate surface area is 153 Å². The maximum Gasteiger partial charge on any atom is 0.238 e. The molecule has 25 heavy (non-hydrogen) atoms. The van der Waals surface area contributed by atoms with Crippen LogP contribution in [0.2, 0.25) is 5.02 Å². The Bertz CT molecular complexity index is 715. The average Bonchev–Trinajstić information content (AvgIpc) is 2.60. The molecule has 5 nitrogen and oxygen atoms in total. The maximum absolute atomic E-state index is 12.2. The largest absolute Gasteiger partial charge is 0.399 e. The van der Waals surface area contributed by atoms with Gasteiger partial charge in [-0.2, -0.15) is 0 Å². The number of nitrogens with one attached hydrogen (secondary N) is 1. The van der Waals surface area contributed by atoms with E-state index in [9.17, 15) is 4.79 Å². The molecule has 1 aliphatic rings. The average molecular weight is 359 g/mol. The second kappa shape index (κ2) is 8.34. The van der Waals surface area contributed by atoms with E-state index in [0.717, 1.165) is 32.7 Å². The Morgan fingerprint density at radius 2 is 1.72 bits per heavy atom. The van der Waals surface area contributed by atoms with Gasteiger partial charge in [0.1, 0.15) is 0 Å². The van der Waals surface area contributed by atoms with Crippen LogP contribution in [0.1, 0.15) is 5.56 Å². The van der Waals surface area contributed by atoms with Crippen molar-refractivity contribution in [1.29, 1.82) is 0 Å². The summed E-state index contributed by atoms with van der Waals surface area (Å²) in [5.41, 5.74) is 8.17. The number of benzene rings is 2. The lowest BCUT2D eigenvalue weighted by Gasteiger charge is -2.34. The number of anilines is 2. The van der Waals surface area contributed by atoms with Gasteiger partial charge in [0.2, 0.25) is 5.91 Å². The fourth-order valence-electron chi connectivity index (χ4n) is 2.97. The molecule has 0 bridgehead atoms. The van der Waals surface area contributed by atoms with Crippen LogP contribution < -0.4 is 11.1 Å². The predicted octanol–water partition coefficient (Wildman–Crippen LogP) is 2.68. The van der Waals surface area contributed by atoms with E-state index in [-0.39, 0.29) is 5.91 Å². The fourth-order valence-corrected chi connectivity index (χ4v) is 3.21. The lowest BCUT2D eigenvalue weighted by atomic mass is 10.2. The zero-order valence-corrected chi connectivity index (χ0v) is 14.9. The SMILES string of the molecule is Nc1ccc(NC(=O)CN2CCN(Cc3ccccc3)CC2)c(Cl)c1. The van der Waals surface area contributed by atoms with Crippen molar-refractivity contribution in [3.8, 4) is 0 Å². The van der Waals surface area contributed by atoms with Crippen molar-refractivity contribution in [2.75, 3.05) is 43.8 Å². The predicted molar refractivity (Wildman–Crippen MR) is 103 cm³/mol. The molecule has 132 valence electrons. The summed E-state index contributed by atoms with van der Waals surface area (Å²) < 4.78 is 0. The molecule has 2 aromatic carbocycles. The van der Waals surface area contributed by atoms with Crippen LogP contribution >= 0.6 is 11.6 Å². The highest BCUT2D eigenvalue weighted by Crippen LogP contribution is 2.24. The molecule has 3 rings (SSSR count). The van der Waals surface area contributed by atoms with E-state index in [1.165, 1.54) is 5.56 Å². The third kappa shape index (κ3) is 5.19. The molecule has 0 aromatic heterocycles. The summed E-state index contributed by atoms with van der Waals surface area (Å²) in [5, 5.41) is 3.31. The quantitative estimate of drug-likeness (QED) is 0.807. The summed E-state index contributed by atoms with van der Waals surface area (Å²) in [6, 6.07) is 15.6. The summed E-state index contributed by atoms with van der Waals surface area (Å²) in [4.78, 5) is 16.8. The molecule has 0 unspecified atom stereocenters. The second-order valence-electron chi connectivity index (χ2n) is 6.33. The minimum absolute atomic E-state index is 0.0526. The molecule has 6 heteroatoms. The molecule has 0 spiro atoms. The normalized spacial score (nSPS) is 15.9. The maximum atomic E-state index is 12.2. The van der Waals surface area contributed by atoms with Gasteiger partial charge in [0.15, 0.2) is 0 Å². The Morgan fingerprint density at radius 1 is 1.04 bits per heavy atom. The third-order valence-electron chi connectivity index (χ3n) is 4.35. The van der Waals surface area contributed by atoms with Gasteiger partial charge in [0.05, 0.1) is 17.3 Å². The molecule has 0 saturated carbocycles. The zero-order valence-electron chi connectivity index (χ0n) is 14.1. The van der Waals surface area contributed by atoms with Crippen molar-refractivity contribution in [3.05, 3.63) is 59.1 Å². The molecular formula is C19H23ClN4O. The van der Waals surface area contributed by atoms with E-state index in [1.54, 1.807) is 18.2 Å². The molecule has 0 aliphatic carbocycles. The molecule has 0 radical (unpaired) electrons. The first-order chi connectivity index (χ1) is 12.1. The molecule has 2 aromatic rings. The number of piperazine rings is 1. The number of nitrogens with two attached hydrogens (primary N) is 1. The number of amides is 1. The molecule has 1 amide bonds. The highest BCUT2D eigenvalue weighted by atomic mass is 35.5. The first-order valence-electron chi connectivity index (χ1n) is 8.43. The van der Waals surface area contributed by atoms with E-state index in [1.807, 2.05) is 6.07 Å². The highest BCUT2D eigenvalue weighted by Gasteiger charge is 2.19. The smallest absolute Gasteiger partial charge is 0.238 e. The van der Waals surface area contributed by atoms with Gasteiger partial charge >= 0.3 is 0 Å². The molecule has 3 N–H and O–H groups in total. The Kier molecular flexibility index (Phi) is 5.91. The molecule has 1 fully saturated rings. The zero-order chi connectivity index (χ0) is 17.6. The summed E-state index contributed by atoms with van der Waals surface area (Å²) in [6.45, 7) is 5.03. The van der Waals surface area contributed by atoms with Gasteiger partial charge in [0.25, 0.3) is 0 Å². The monoisotopic (exact) mass is 358 g/mol. The summed E-state index contributed by atoms with van der Waals surface area (Å²) in [7, 11) is 0. The number of rotatable bonds is 5. The molecule has 1 saturated heterocycles. The van der Waals surface area contributed by atoms with Crippen molar-refractivity contribution >= 4 is 28.9 Å². The number of nitrogens with zero attached hydrogens (tertiary/aromatic N) is 2. The molecule has 1 heterocycles. The summed E-state index contributed by atoms with van der Waals surface area (Å²) in [5.74, 6) is -0.0526. The van der Waals surface area contributed by atoms with Crippen molar-refractivity contribution < 1.29 is 4.79 Å². The van der Waals surface area contributed by atoms with Gasteiger partial charge in [0, 0.05) is 38.4 Å². The van der Waals surface area contributed by atoms with Crippen LogP contribution in [0.25, 0.3) is 0 Å². The van der Waals surface area contributed by atoms with E-state index < -0.39 is 0 Å². The number of carbonyl (C=O) groups excluding carboxylic acids is 1. The number of carbonyl (C=O) groups is 1. The van der Waals surface area contributed by atoms with Crippen LogP contribution in [-0.2, 0) is 11.3 Å². The van der Waals surface area contributed by atoms with Crippen molar-refractivity contribution in [3.63, 3.8) is 0 Å². The Morgan fingerprint density at radius 3 is 2.40 bits per heavy atom. The topological polar surface area (TPSA) is 61.6 Å². The van der Waals surface area contributed by atoms with Crippen LogP contribution in [0, 0.1) is 0 Å². The Hall–Kier alpha value is -2.08. The number of halogens is 1. The third-order valence-corrected chi connectivity index (χ3v) is 4.66. The lowest BCUT2D eigenvalue weighted by Crippen LogP contribution is -2.48. The van der Waals surface area contributed by atoms with E-state index in [2.05, 4.69) is 39.4 Å². The van der Waals surface area contributed by atoms with Crippen LogP contribution in [0.5, 0.6) is 0 Å². The van der Waals surface area contributed by atoms with Gasteiger partial charge in [-0.15, -0.1) is 0 Å². The van der Waals surface area contributed by atoms with Gasteiger partial charge in [-0.25, -0.2) is 0 Å². The molecule has 0 atom stereocenters. The van der Waals surface area contributed by atoms with Crippen LogP contribution in [0.15, 0.2) is 48.5 Å². The molecule has 1 aliphatic heterocycles. The highest BCUT2D eigenvalue weighted by molar-refractivity contribution is 6.34. The summed E-state index contributed by atoms with van der Waals surface area (Å²) >= 11 is 6.10. The van der Waals surface area contributed by atoms with Gasteiger partial charge in [-0.1, -0.05) is 41.9 Å². The second-order valence-corrected chi connectivity index (χ2v) is 6.73. The van der Waals surface area contributed by atoms with Gasteiger partial charge in [-0.3, -0.25) is 14.6 Å². The number of hydrogen-bond donors (Lipinski definition) is 2. The van der Waals surface area contributed by atoms with Crippen LogP contribution in [0.4, 0.5) is 11.4 Å². The minimum atomic E-state index is -0.0526. The minimum Gasteiger partial charge on any atom is -0.399 e. The van der Waals surface area contributed by atoms with Gasteiger partial charge < -0.3 is 11.1 Å². The lowest BCUT2D eigenvalue weighted by molar-refractivity contribution is -0.117. The first-order valence-corrected chi connectivity index (χ1v) is 8.81. The van der Waals surface area contributed by atoms with Crippen molar-refractivity contribution in [2.24, 2.45) is 0 Å². The van der Waals surface area contributed by atoms with Crippen LogP contribution in [0.3, 0.4) is 0 Å². The summed E-state index contributed by atoms with van der Waals surface area (Å²) in [6.07, 6.45) is 0. The molecular weight excluding hydrogens is 336 g/mol. The van der Waals surface area contributed by atoms with Gasteiger partial charge in [-0.05, 0) is 23.8 Å². The Balaban J connectivity index is 1.44. The number of nitrogen functional groups attached to an aromatic ring is 1. The van der Waals surface area contributed by atoms with E-state index >= 15 is 0 Å². The van der Waals surface area contributed by atoms with E-state index in [4.69, 9.17) is 17.3 Å². The first kappa shape index (κ1) is 17.7. The van der Waals surface area contributed by atoms with Crippen LogP contribution in [-0.4, -0.2) is 48.4 Å². The number of hydrogen-bond acceptors (Lipinski definition) is 4.